The lowest BCUT2D eigenvalue weighted by molar-refractivity contribution is 0.0108. The number of benzene rings is 1. The zero-order chi connectivity index (χ0) is 15.2. The van der Waals surface area contributed by atoms with E-state index in [-0.39, 0.29) is 18.6 Å². The molecule has 0 aromatic heterocycles. The summed E-state index contributed by atoms with van der Waals surface area (Å²) < 4.78 is 44.4. The summed E-state index contributed by atoms with van der Waals surface area (Å²) in [6, 6.07) is 5.19. The summed E-state index contributed by atoms with van der Waals surface area (Å²) in [5, 5.41) is 8.39. The molecule has 2 rings (SSSR count). The van der Waals surface area contributed by atoms with Gasteiger partial charge in [0.2, 0.25) is 0 Å². The molecule has 1 aromatic rings. The Kier molecular flexibility index (Phi) is 5.40. The van der Waals surface area contributed by atoms with Crippen LogP contribution in [0.1, 0.15) is 31.2 Å². The number of allylic oxidation sites excluding steroid dienone is 2. The van der Waals surface area contributed by atoms with Crippen molar-refractivity contribution in [3.8, 4) is 6.07 Å². The van der Waals surface area contributed by atoms with Gasteiger partial charge >= 0.3 is 0 Å². The third-order valence-corrected chi connectivity index (χ3v) is 3.68. The van der Waals surface area contributed by atoms with Crippen LogP contribution in [0.15, 0.2) is 30.1 Å². The molecule has 0 saturated heterocycles. The summed E-state index contributed by atoms with van der Waals surface area (Å²) in [7, 11) is 0. The Hall–Kier alpha value is -1.80. The van der Waals surface area contributed by atoms with Gasteiger partial charge in [0.1, 0.15) is 6.07 Å². The zero-order valence-electron chi connectivity index (χ0n) is 11.5. The molecule has 112 valence electrons. The highest BCUT2D eigenvalue weighted by atomic mass is 19.2. The first-order valence-electron chi connectivity index (χ1n) is 6.91. The minimum Gasteiger partial charge on any atom is -0.374 e. The fourth-order valence-corrected chi connectivity index (χ4v) is 2.51. The zero-order valence-corrected chi connectivity index (χ0v) is 11.5. The molecule has 0 heterocycles. The molecule has 2 nitrogen and oxygen atoms in total. The summed E-state index contributed by atoms with van der Waals surface area (Å²) in [5.74, 6) is -2.41. The Bertz CT molecular complexity index is 557. The van der Waals surface area contributed by atoms with Crippen LogP contribution in [0.5, 0.6) is 0 Å². The van der Waals surface area contributed by atoms with Crippen molar-refractivity contribution >= 4 is 0 Å². The standard InChI is InChI=1S/C16H16F3NO/c17-13(9-20)7-11-1-4-14(5-2-11)21-10-12-3-6-15(18)16(19)8-12/h3,6-8,11,14H,1-2,4-5,10H2/t11-,14-. The van der Waals surface area contributed by atoms with Crippen LogP contribution in [0.25, 0.3) is 0 Å². The van der Waals surface area contributed by atoms with Crippen LogP contribution < -0.4 is 0 Å². The van der Waals surface area contributed by atoms with Gasteiger partial charge in [-0.15, -0.1) is 0 Å². The fraction of sp³-hybridized carbons (Fsp3) is 0.438. The molecule has 0 amide bonds. The highest BCUT2D eigenvalue weighted by Crippen LogP contribution is 2.28. The molecule has 21 heavy (non-hydrogen) atoms. The van der Waals surface area contributed by atoms with Crippen LogP contribution in [0, 0.1) is 28.9 Å². The van der Waals surface area contributed by atoms with Gasteiger partial charge in [-0.2, -0.15) is 9.65 Å². The lowest BCUT2D eigenvalue weighted by Crippen LogP contribution is -2.20. The summed E-state index contributed by atoms with van der Waals surface area (Å²) in [4.78, 5) is 0. The number of halogens is 3. The molecule has 0 aliphatic heterocycles. The van der Waals surface area contributed by atoms with Gasteiger partial charge < -0.3 is 4.74 Å². The molecule has 0 atom stereocenters. The second kappa shape index (κ2) is 7.28. The first kappa shape index (κ1) is 15.6. The second-order valence-electron chi connectivity index (χ2n) is 5.22. The Morgan fingerprint density at radius 2 is 1.95 bits per heavy atom. The minimum atomic E-state index is -0.878. The molecular formula is C16H16F3NO. The number of ether oxygens (including phenoxy) is 1. The van der Waals surface area contributed by atoms with Crippen molar-refractivity contribution in [2.24, 2.45) is 5.92 Å². The summed E-state index contributed by atoms with van der Waals surface area (Å²) >= 11 is 0. The maximum atomic E-state index is 13.1. The monoisotopic (exact) mass is 295 g/mol. The third kappa shape index (κ3) is 4.61. The van der Waals surface area contributed by atoms with E-state index in [1.165, 1.54) is 18.2 Å². The quantitative estimate of drug-likeness (QED) is 0.770. The topological polar surface area (TPSA) is 33.0 Å². The second-order valence-corrected chi connectivity index (χ2v) is 5.22. The Balaban J connectivity index is 1.79. The molecule has 1 aromatic carbocycles. The number of hydrogen-bond acceptors (Lipinski definition) is 2. The van der Waals surface area contributed by atoms with E-state index in [9.17, 15) is 13.2 Å². The number of rotatable bonds is 4. The summed E-state index contributed by atoms with van der Waals surface area (Å²) in [6.45, 7) is 0.231. The van der Waals surface area contributed by atoms with Gasteiger partial charge in [0.25, 0.3) is 0 Å². The average molecular weight is 295 g/mol. The molecule has 0 bridgehead atoms. The number of hydrogen-bond donors (Lipinski definition) is 0. The van der Waals surface area contributed by atoms with E-state index in [4.69, 9.17) is 10.00 Å². The third-order valence-electron chi connectivity index (χ3n) is 3.68. The van der Waals surface area contributed by atoms with E-state index in [2.05, 4.69) is 0 Å². The largest absolute Gasteiger partial charge is 0.374 e. The molecule has 0 N–H and O–H groups in total. The van der Waals surface area contributed by atoms with Crippen LogP contribution in [-0.2, 0) is 11.3 Å². The summed E-state index contributed by atoms with van der Waals surface area (Å²) in [5.41, 5.74) is 0.589. The van der Waals surface area contributed by atoms with Gasteiger partial charge in [-0.1, -0.05) is 6.07 Å². The maximum absolute atomic E-state index is 13.1. The Morgan fingerprint density at radius 3 is 2.57 bits per heavy atom. The van der Waals surface area contributed by atoms with Gasteiger partial charge in [0.15, 0.2) is 17.5 Å². The molecule has 0 spiro atoms. The van der Waals surface area contributed by atoms with Gasteiger partial charge in [0, 0.05) is 0 Å². The predicted molar refractivity (Wildman–Crippen MR) is 71.7 cm³/mol. The Morgan fingerprint density at radius 1 is 1.24 bits per heavy atom. The normalized spacial score (nSPS) is 22.9. The smallest absolute Gasteiger partial charge is 0.196 e. The predicted octanol–water partition coefficient (Wildman–Crippen LogP) is 4.42. The Labute approximate surface area is 121 Å². The van der Waals surface area contributed by atoms with Crippen molar-refractivity contribution in [3.63, 3.8) is 0 Å². The van der Waals surface area contributed by atoms with E-state index in [1.54, 1.807) is 0 Å². The van der Waals surface area contributed by atoms with Crippen molar-refractivity contribution in [2.75, 3.05) is 0 Å². The average Bonchev–Trinajstić information content (AvgIpc) is 2.50. The number of nitrogens with zero attached hydrogens (tertiary/aromatic N) is 1. The molecule has 1 fully saturated rings. The van der Waals surface area contributed by atoms with Gasteiger partial charge in [-0.3, -0.25) is 0 Å². The van der Waals surface area contributed by atoms with Gasteiger partial charge in [-0.05, 0) is 55.4 Å². The van der Waals surface area contributed by atoms with E-state index in [1.807, 2.05) is 0 Å². The first-order valence-corrected chi connectivity index (χ1v) is 6.91. The fourth-order valence-electron chi connectivity index (χ4n) is 2.51. The summed E-state index contributed by atoms with van der Waals surface area (Å²) in [6.07, 6.45) is 4.46. The highest BCUT2D eigenvalue weighted by molar-refractivity contribution is 5.17. The van der Waals surface area contributed by atoms with E-state index < -0.39 is 17.5 Å². The maximum Gasteiger partial charge on any atom is 0.196 e. The number of nitriles is 1. The minimum absolute atomic E-state index is 0.0351. The molecule has 1 aliphatic carbocycles. The highest BCUT2D eigenvalue weighted by Gasteiger charge is 2.21. The molecular weight excluding hydrogens is 279 g/mol. The van der Waals surface area contributed by atoms with Crippen molar-refractivity contribution in [2.45, 2.75) is 38.4 Å². The van der Waals surface area contributed by atoms with Gasteiger partial charge in [0.05, 0.1) is 12.7 Å². The van der Waals surface area contributed by atoms with Crippen LogP contribution in [0.2, 0.25) is 0 Å². The van der Waals surface area contributed by atoms with E-state index >= 15 is 0 Å². The molecule has 1 saturated carbocycles. The van der Waals surface area contributed by atoms with E-state index in [0.717, 1.165) is 37.8 Å². The van der Waals surface area contributed by atoms with Crippen LogP contribution in [0.4, 0.5) is 13.2 Å². The lowest BCUT2D eigenvalue weighted by Gasteiger charge is -2.26. The SMILES string of the molecule is N#CC(F)=C[C@H]1CC[C@H](OCc2ccc(F)c(F)c2)CC1. The first-order chi connectivity index (χ1) is 10.1. The van der Waals surface area contributed by atoms with Crippen LogP contribution in [0.3, 0.4) is 0 Å². The van der Waals surface area contributed by atoms with Crippen LogP contribution in [-0.4, -0.2) is 6.10 Å². The van der Waals surface area contributed by atoms with Crippen molar-refractivity contribution in [1.82, 2.24) is 0 Å². The molecule has 5 heteroatoms. The molecule has 1 aliphatic rings. The van der Waals surface area contributed by atoms with Gasteiger partial charge in [-0.25, -0.2) is 8.78 Å². The molecule has 0 unspecified atom stereocenters. The van der Waals surface area contributed by atoms with Crippen LogP contribution >= 0.6 is 0 Å². The van der Waals surface area contributed by atoms with Crippen molar-refractivity contribution in [3.05, 3.63) is 47.3 Å². The van der Waals surface area contributed by atoms with Crippen molar-refractivity contribution < 1.29 is 17.9 Å². The lowest BCUT2D eigenvalue weighted by atomic mass is 9.87. The van der Waals surface area contributed by atoms with E-state index in [0.29, 0.717) is 5.56 Å². The van der Waals surface area contributed by atoms with Crippen molar-refractivity contribution in [1.29, 1.82) is 5.26 Å². The molecule has 0 radical (unpaired) electrons.